The first kappa shape index (κ1) is 24.6. The van der Waals surface area contributed by atoms with Crippen LogP contribution >= 0.6 is 11.3 Å². The molecule has 202 valence electrons. The molecular formula is C30H35N7OS. The zero-order valence-corrected chi connectivity index (χ0v) is 23.4. The van der Waals surface area contributed by atoms with Crippen molar-refractivity contribution in [2.75, 3.05) is 36.9 Å². The minimum atomic E-state index is -0.0566. The lowest BCUT2D eigenvalue weighted by Crippen LogP contribution is -2.51. The minimum Gasteiger partial charge on any atom is -0.386 e. The van der Waals surface area contributed by atoms with Crippen LogP contribution in [0.1, 0.15) is 52.7 Å². The van der Waals surface area contributed by atoms with Crippen molar-refractivity contribution in [2.24, 2.45) is 0 Å². The van der Waals surface area contributed by atoms with E-state index in [2.05, 4.69) is 54.9 Å². The van der Waals surface area contributed by atoms with E-state index in [1.54, 1.807) is 0 Å². The lowest BCUT2D eigenvalue weighted by atomic mass is 10.00. The van der Waals surface area contributed by atoms with Crippen LogP contribution in [-0.2, 0) is 6.42 Å². The van der Waals surface area contributed by atoms with E-state index in [-0.39, 0.29) is 5.91 Å². The molecule has 39 heavy (non-hydrogen) atoms. The Morgan fingerprint density at radius 2 is 1.95 bits per heavy atom. The van der Waals surface area contributed by atoms with Gasteiger partial charge >= 0.3 is 0 Å². The fourth-order valence-electron chi connectivity index (χ4n) is 6.13. The van der Waals surface area contributed by atoms with Crippen molar-refractivity contribution in [3.63, 3.8) is 0 Å². The molecule has 1 amide bonds. The van der Waals surface area contributed by atoms with Crippen LogP contribution in [0.2, 0.25) is 0 Å². The van der Waals surface area contributed by atoms with Crippen molar-refractivity contribution >= 4 is 38.8 Å². The molecule has 5 heterocycles. The van der Waals surface area contributed by atoms with Crippen molar-refractivity contribution in [3.8, 4) is 11.1 Å². The average molecular weight is 542 g/mol. The monoisotopic (exact) mass is 541 g/mol. The van der Waals surface area contributed by atoms with Crippen molar-refractivity contribution in [2.45, 2.75) is 57.2 Å². The van der Waals surface area contributed by atoms with Gasteiger partial charge in [-0.05, 0) is 68.9 Å². The number of nitrogens with zero attached hydrogens (tertiary/aromatic N) is 4. The third kappa shape index (κ3) is 4.78. The zero-order chi connectivity index (χ0) is 26.5. The third-order valence-electron chi connectivity index (χ3n) is 8.30. The van der Waals surface area contributed by atoms with Crippen LogP contribution in [0.3, 0.4) is 0 Å². The van der Waals surface area contributed by atoms with Crippen molar-refractivity contribution < 1.29 is 4.79 Å². The molecule has 8 nitrogen and oxygen atoms in total. The first-order valence-corrected chi connectivity index (χ1v) is 14.9. The van der Waals surface area contributed by atoms with Crippen molar-refractivity contribution in [3.05, 3.63) is 58.9 Å². The highest BCUT2D eigenvalue weighted by Gasteiger charge is 2.33. The standard InChI is InChI=1S/C30H35N7OS/c1-18-3-9-24-27(31-2)28(39-30(24)34-18)29(38)32-12-11-19-4-10-26(36-16-21-5-6-22(17-36)35-21)25(13-19)20-14-33-37(15-20)23-7-8-23/h3-4,9-10,13-15,21-23,31,35H,5-8,11-12,16-17H2,1-2H3,(H,32,38). The number of hydrogen-bond acceptors (Lipinski definition) is 7. The molecule has 3 fully saturated rings. The van der Waals surface area contributed by atoms with E-state index < -0.39 is 0 Å². The summed E-state index contributed by atoms with van der Waals surface area (Å²) in [5, 5.41) is 15.8. The molecule has 7 rings (SSSR count). The van der Waals surface area contributed by atoms with Gasteiger partial charge in [0.05, 0.1) is 17.9 Å². The maximum Gasteiger partial charge on any atom is 0.263 e. The van der Waals surface area contributed by atoms with Gasteiger partial charge < -0.3 is 20.9 Å². The van der Waals surface area contributed by atoms with E-state index in [1.807, 2.05) is 32.3 Å². The van der Waals surface area contributed by atoms with Gasteiger partial charge in [-0.25, -0.2) is 4.98 Å². The number of aryl methyl sites for hydroxylation is 1. The molecule has 9 heteroatoms. The molecule has 0 radical (unpaired) electrons. The fraction of sp³-hybridized carbons (Fsp3) is 0.433. The highest BCUT2D eigenvalue weighted by molar-refractivity contribution is 7.21. The summed E-state index contributed by atoms with van der Waals surface area (Å²) in [6.07, 6.45) is 9.97. The molecular weight excluding hydrogens is 506 g/mol. The third-order valence-corrected chi connectivity index (χ3v) is 9.40. The average Bonchev–Trinajstić information content (AvgIpc) is 3.41. The topological polar surface area (TPSA) is 87.1 Å². The second kappa shape index (κ2) is 9.95. The van der Waals surface area contributed by atoms with Crippen LogP contribution in [0, 0.1) is 6.92 Å². The first-order chi connectivity index (χ1) is 19.1. The summed E-state index contributed by atoms with van der Waals surface area (Å²) in [4.78, 5) is 21.9. The predicted octanol–water partition coefficient (Wildman–Crippen LogP) is 4.76. The number of rotatable bonds is 8. The number of benzene rings is 1. The van der Waals surface area contributed by atoms with Crippen LogP contribution in [0.25, 0.3) is 21.3 Å². The van der Waals surface area contributed by atoms with E-state index in [0.717, 1.165) is 41.1 Å². The maximum absolute atomic E-state index is 13.2. The molecule has 1 saturated carbocycles. The molecule has 1 aliphatic carbocycles. The highest BCUT2D eigenvalue weighted by atomic mass is 32.1. The Morgan fingerprint density at radius 1 is 1.13 bits per heavy atom. The minimum absolute atomic E-state index is 0.0566. The number of pyridine rings is 1. The Hall–Kier alpha value is -3.43. The van der Waals surface area contributed by atoms with Crippen LogP contribution in [0.5, 0.6) is 0 Å². The number of nitrogens with one attached hydrogen (secondary N) is 3. The molecule has 2 saturated heterocycles. The van der Waals surface area contributed by atoms with E-state index in [0.29, 0.717) is 29.5 Å². The quantitative estimate of drug-likeness (QED) is 0.298. The molecule has 2 atom stereocenters. The van der Waals surface area contributed by atoms with E-state index in [4.69, 9.17) is 5.10 Å². The molecule has 1 aromatic carbocycles. The molecule has 3 aromatic heterocycles. The van der Waals surface area contributed by atoms with Crippen LogP contribution in [0.4, 0.5) is 11.4 Å². The van der Waals surface area contributed by atoms with Crippen molar-refractivity contribution in [1.82, 2.24) is 25.4 Å². The number of carbonyl (C=O) groups excluding carboxylic acids is 1. The number of thiophene rings is 1. The zero-order valence-electron chi connectivity index (χ0n) is 22.5. The van der Waals surface area contributed by atoms with E-state index >= 15 is 0 Å². The smallest absolute Gasteiger partial charge is 0.263 e. The summed E-state index contributed by atoms with van der Waals surface area (Å²) >= 11 is 1.44. The van der Waals surface area contributed by atoms with Gasteiger partial charge in [-0.2, -0.15) is 5.10 Å². The molecule has 3 aliphatic rings. The second-order valence-corrected chi connectivity index (χ2v) is 12.2. The second-order valence-electron chi connectivity index (χ2n) is 11.2. The number of fused-ring (bicyclic) bond motifs is 3. The highest BCUT2D eigenvalue weighted by Crippen LogP contribution is 2.39. The van der Waals surface area contributed by atoms with Gasteiger partial charge in [0.2, 0.25) is 0 Å². The number of piperazine rings is 1. The Kier molecular flexibility index (Phi) is 6.28. The van der Waals surface area contributed by atoms with Gasteiger partial charge in [0, 0.05) is 72.9 Å². The summed E-state index contributed by atoms with van der Waals surface area (Å²) in [5.74, 6) is -0.0566. The Labute approximate surface area is 232 Å². The van der Waals surface area contributed by atoms with Crippen molar-refractivity contribution in [1.29, 1.82) is 0 Å². The number of amides is 1. The Bertz CT molecular complexity index is 1530. The lowest BCUT2D eigenvalue weighted by molar-refractivity contribution is 0.0959. The molecule has 4 aromatic rings. The molecule has 2 bridgehead atoms. The van der Waals surface area contributed by atoms with Gasteiger partial charge in [0.1, 0.15) is 9.71 Å². The van der Waals surface area contributed by atoms with Gasteiger partial charge in [0.15, 0.2) is 0 Å². The first-order valence-electron chi connectivity index (χ1n) is 14.1. The number of hydrogen-bond donors (Lipinski definition) is 3. The van der Waals surface area contributed by atoms with Crippen LogP contribution < -0.4 is 20.9 Å². The van der Waals surface area contributed by atoms with E-state index in [1.165, 1.54) is 59.4 Å². The molecule has 2 unspecified atom stereocenters. The van der Waals surface area contributed by atoms with Gasteiger partial charge in [-0.3, -0.25) is 9.48 Å². The summed E-state index contributed by atoms with van der Waals surface area (Å²) in [7, 11) is 1.86. The van der Waals surface area contributed by atoms with Gasteiger partial charge in [0.25, 0.3) is 5.91 Å². The van der Waals surface area contributed by atoms with Crippen LogP contribution in [-0.4, -0.2) is 59.4 Å². The van der Waals surface area contributed by atoms with Crippen LogP contribution in [0.15, 0.2) is 42.7 Å². The summed E-state index contributed by atoms with van der Waals surface area (Å²) in [6, 6.07) is 12.6. The maximum atomic E-state index is 13.2. The SMILES string of the molecule is CNc1c(C(=O)NCCc2ccc(N3CC4CCC(C3)N4)c(-c3cnn(C4CC4)c3)c2)sc2nc(C)ccc12. The fourth-order valence-corrected chi connectivity index (χ4v) is 7.28. The summed E-state index contributed by atoms with van der Waals surface area (Å²) in [6.45, 7) is 4.64. The summed E-state index contributed by atoms with van der Waals surface area (Å²) in [5.41, 5.74) is 6.74. The molecule has 3 N–H and O–H groups in total. The number of aromatic nitrogens is 3. The number of anilines is 2. The largest absolute Gasteiger partial charge is 0.386 e. The predicted molar refractivity (Wildman–Crippen MR) is 158 cm³/mol. The normalized spacial score (nSPS) is 20.5. The molecule has 0 spiro atoms. The lowest BCUT2D eigenvalue weighted by Gasteiger charge is -2.36. The van der Waals surface area contributed by atoms with E-state index in [9.17, 15) is 4.79 Å². The Morgan fingerprint density at radius 3 is 2.72 bits per heavy atom. The number of carbonyl (C=O) groups is 1. The van der Waals surface area contributed by atoms with Gasteiger partial charge in [-0.1, -0.05) is 6.07 Å². The Balaban J connectivity index is 1.10. The van der Waals surface area contributed by atoms with Gasteiger partial charge in [-0.15, -0.1) is 11.3 Å². The summed E-state index contributed by atoms with van der Waals surface area (Å²) < 4.78 is 2.13. The molecule has 2 aliphatic heterocycles.